The number of rotatable bonds is 3. The molecular formula is C3H6N2O4S2. The van der Waals surface area contributed by atoms with Crippen LogP contribution in [0, 0.1) is 0 Å². The van der Waals surface area contributed by atoms with Crippen molar-refractivity contribution in [1.82, 2.24) is 0 Å². The van der Waals surface area contributed by atoms with Gasteiger partial charge in [0, 0.05) is 6.26 Å². The molecule has 11 heavy (non-hydrogen) atoms. The van der Waals surface area contributed by atoms with E-state index in [-0.39, 0.29) is 5.55 Å². The van der Waals surface area contributed by atoms with E-state index < -0.39 is 24.8 Å². The second-order valence-corrected chi connectivity index (χ2v) is 6.26. The molecular weight excluding hydrogens is 192 g/mol. The van der Waals surface area contributed by atoms with Gasteiger partial charge in [-0.2, -0.15) is 4.79 Å². The first kappa shape index (κ1) is 10.3. The van der Waals surface area contributed by atoms with Gasteiger partial charge in [-0.1, -0.05) is 0 Å². The quantitative estimate of drug-likeness (QED) is 0.242. The highest BCUT2D eigenvalue weighted by atomic mass is 32.3. The second kappa shape index (κ2) is 3.12. The van der Waals surface area contributed by atoms with Gasteiger partial charge in [0.15, 0.2) is 14.9 Å². The highest BCUT2D eigenvalue weighted by molar-refractivity contribution is 8.14. The maximum atomic E-state index is 10.6. The summed E-state index contributed by atoms with van der Waals surface area (Å²) in [6, 6.07) is 0. The van der Waals surface area contributed by atoms with Crippen LogP contribution in [-0.2, 0) is 19.7 Å². The Morgan fingerprint density at radius 2 is 1.82 bits per heavy atom. The minimum Gasteiger partial charge on any atom is -0.361 e. The Kier molecular flexibility index (Phi) is 2.92. The van der Waals surface area contributed by atoms with Gasteiger partial charge in [0.2, 0.25) is 0 Å². The van der Waals surface area contributed by atoms with Crippen molar-refractivity contribution in [2.75, 3.05) is 11.3 Å². The third-order valence-electron chi connectivity index (χ3n) is 0.586. The normalized spacial score (nSPS) is 12.1. The van der Waals surface area contributed by atoms with E-state index in [1.807, 2.05) is 0 Å². The van der Waals surface area contributed by atoms with Gasteiger partial charge in [-0.05, 0) is 0 Å². The largest absolute Gasteiger partial charge is 0.371 e. The van der Waals surface area contributed by atoms with E-state index in [2.05, 4.69) is 4.79 Å². The minimum atomic E-state index is -3.92. The zero-order chi connectivity index (χ0) is 9.12. The van der Waals surface area contributed by atoms with Gasteiger partial charge in [0.1, 0.15) is 0 Å². The van der Waals surface area contributed by atoms with Crippen molar-refractivity contribution in [3.8, 4) is 0 Å². The Labute approximate surface area is 64.3 Å². The molecule has 0 radical (unpaired) electrons. The first-order valence-electron chi connectivity index (χ1n) is 2.35. The third kappa shape index (κ3) is 5.71. The molecule has 0 aliphatic heterocycles. The summed E-state index contributed by atoms with van der Waals surface area (Å²) in [6.07, 6.45) is 0.774. The van der Waals surface area contributed by atoms with Crippen molar-refractivity contribution < 1.29 is 21.6 Å². The Hall–Kier alpha value is -0.720. The van der Waals surface area contributed by atoms with Gasteiger partial charge in [0.25, 0.3) is 9.84 Å². The zero-order valence-corrected chi connectivity index (χ0v) is 7.26. The molecule has 0 rings (SSSR count). The number of sulfone groups is 2. The van der Waals surface area contributed by atoms with Gasteiger partial charge in [0.05, 0.1) is 0 Å². The molecule has 0 atom stereocenters. The lowest BCUT2D eigenvalue weighted by Gasteiger charge is -1.89. The molecule has 0 unspecified atom stereocenters. The van der Waals surface area contributed by atoms with Crippen LogP contribution in [0.2, 0.25) is 0 Å². The number of hydrogen-bond acceptors (Lipinski definition) is 4. The summed E-state index contributed by atoms with van der Waals surface area (Å²) in [5, 5.41) is -1.04. The van der Waals surface area contributed by atoms with Crippen LogP contribution in [0.3, 0.4) is 0 Å². The average Bonchev–Trinajstić information content (AvgIpc) is 1.55. The molecule has 0 aliphatic carbocycles. The molecule has 0 N–H and O–H groups in total. The predicted molar refractivity (Wildman–Crippen MR) is 38.3 cm³/mol. The Balaban J connectivity index is 4.81. The van der Waals surface area contributed by atoms with E-state index in [0.717, 1.165) is 6.26 Å². The van der Waals surface area contributed by atoms with Crippen molar-refractivity contribution in [2.45, 2.75) is 0 Å². The van der Waals surface area contributed by atoms with Crippen molar-refractivity contribution in [3.63, 3.8) is 0 Å². The van der Waals surface area contributed by atoms with Gasteiger partial charge >= 0.3 is 5.55 Å². The molecule has 0 saturated carbocycles. The third-order valence-corrected chi connectivity index (χ3v) is 4.03. The van der Waals surface area contributed by atoms with E-state index in [1.165, 1.54) is 0 Å². The molecule has 0 spiro atoms. The highest BCUT2D eigenvalue weighted by Gasteiger charge is 2.19. The highest BCUT2D eigenvalue weighted by Crippen LogP contribution is 1.90. The fraction of sp³-hybridized carbons (Fsp3) is 0.667. The van der Waals surface area contributed by atoms with Gasteiger partial charge in [-0.3, -0.25) is 0 Å². The van der Waals surface area contributed by atoms with Gasteiger partial charge in [-0.25, -0.2) is 16.8 Å². The monoisotopic (exact) mass is 198 g/mol. The van der Waals surface area contributed by atoms with Gasteiger partial charge in [-0.15, -0.1) is 0 Å². The summed E-state index contributed by atoms with van der Waals surface area (Å²) in [5.41, 5.74) is 7.98. The second-order valence-electron chi connectivity index (χ2n) is 1.93. The summed E-state index contributed by atoms with van der Waals surface area (Å²) < 4.78 is 41.9. The van der Waals surface area contributed by atoms with E-state index in [0.29, 0.717) is 0 Å². The number of hydrogen-bond donors (Lipinski definition) is 0. The SMILES string of the molecule is CS(=O)(=O)CS(=O)(=O)C=[N+]=[N-]. The van der Waals surface area contributed by atoms with Crippen molar-refractivity contribution in [2.24, 2.45) is 0 Å². The summed E-state index contributed by atoms with van der Waals surface area (Å²) in [4.78, 5) is 2.21. The maximum absolute atomic E-state index is 10.6. The maximum Gasteiger partial charge on any atom is 0.371 e. The van der Waals surface area contributed by atoms with Crippen LogP contribution >= 0.6 is 0 Å². The fourth-order valence-corrected chi connectivity index (χ4v) is 3.17. The Morgan fingerprint density at radius 3 is 2.09 bits per heavy atom. The molecule has 0 saturated heterocycles. The molecule has 0 aliphatic rings. The molecule has 0 heterocycles. The molecule has 8 heteroatoms. The molecule has 0 amide bonds. The van der Waals surface area contributed by atoms with Crippen molar-refractivity contribution in [1.29, 1.82) is 0 Å². The summed E-state index contributed by atoms with van der Waals surface area (Å²) in [7, 11) is -7.51. The molecule has 0 aromatic rings. The number of nitrogens with zero attached hydrogens (tertiary/aromatic N) is 2. The lowest BCUT2D eigenvalue weighted by Crippen LogP contribution is -2.15. The topological polar surface area (TPSA) is 105 Å². The Bertz CT molecular complexity index is 372. The summed E-state index contributed by atoms with van der Waals surface area (Å²) >= 11 is 0. The van der Waals surface area contributed by atoms with Crippen LogP contribution in [0.4, 0.5) is 0 Å². The van der Waals surface area contributed by atoms with E-state index in [1.54, 1.807) is 0 Å². The smallest absolute Gasteiger partial charge is 0.361 e. The average molecular weight is 198 g/mol. The molecule has 6 nitrogen and oxygen atoms in total. The van der Waals surface area contributed by atoms with E-state index >= 15 is 0 Å². The molecule has 0 bridgehead atoms. The van der Waals surface area contributed by atoms with Crippen LogP contribution in [-0.4, -0.2) is 38.5 Å². The van der Waals surface area contributed by atoms with Crippen molar-refractivity contribution >= 4 is 25.2 Å². The molecule has 0 aromatic heterocycles. The van der Waals surface area contributed by atoms with Crippen molar-refractivity contribution in [3.05, 3.63) is 5.53 Å². The molecule has 0 aromatic carbocycles. The Morgan fingerprint density at radius 1 is 1.36 bits per heavy atom. The fourth-order valence-electron chi connectivity index (χ4n) is 0.401. The lowest BCUT2D eigenvalue weighted by molar-refractivity contribution is 0.00757. The van der Waals surface area contributed by atoms with E-state index in [9.17, 15) is 16.8 Å². The van der Waals surface area contributed by atoms with Crippen LogP contribution in [0.1, 0.15) is 0 Å². The van der Waals surface area contributed by atoms with Gasteiger partial charge < -0.3 is 5.53 Å². The summed E-state index contributed by atoms with van der Waals surface area (Å²) in [6.45, 7) is 0. The zero-order valence-electron chi connectivity index (χ0n) is 5.63. The first-order valence-corrected chi connectivity index (χ1v) is 6.12. The minimum absolute atomic E-state index is 0.189. The van der Waals surface area contributed by atoms with Crippen LogP contribution < -0.4 is 0 Å². The molecule has 0 fully saturated rings. The van der Waals surface area contributed by atoms with Crippen LogP contribution in [0.5, 0.6) is 0 Å². The summed E-state index contributed by atoms with van der Waals surface area (Å²) in [5.74, 6) is 0. The standard InChI is InChI=1S/C3H6N2O4S2/c1-10(6,7)3-11(8,9)2-5-4/h2H,3H2,1H3. The predicted octanol–water partition coefficient (Wildman–Crippen LogP) is -1.34. The van der Waals surface area contributed by atoms with Crippen LogP contribution in [0.15, 0.2) is 0 Å². The first-order chi connectivity index (χ1) is 4.77. The van der Waals surface area contributed by atoms with E-state index in [4.69, 9.17) is 5.53 Å². The van der Waals surface area contributed by atoms with Crippen LogP contribution in [0.25, 0.3) is 5.53 Å². The molecule has 64 valence electrons. The lowest BCUT2D eigenvalue weighted by atomic mass is 11.7.